The summed E-state index contributed by atoms with van der Waals surface area (Å²) in [6.45, 7) is 0. The van der Waals surface area contributed by atoms with Gasteiger partial charge in [-0.2, -0.15) is 0 Å². The maximum absolute atomic E-state index is 5.58. The summed E-state index contributed by atoms with van der Waals surface area (Å²) >= 11 is 2.17. The number of allylic oxidation sites excluding steroid dienone is 2. The largest absolute Gasteiger partial charge is 1.00 e. The predicted molar refractivity (Wildman–Crippen MR) is 57.0 cm³/mol. The van der Waals surface area contributed by atoms with E-state index < -0.39 is 0 Å². The molecule has 0 saturated carbocycles. The Morgan fingerprint density at radius 2 is 1.82 bits per heavy atom. The Morgan fingerprint density at radius 1 is 1.18 bits per heavy atom. The van der Waals surface area contributed by atoms with Crippen LogP contribution in [-0.2, 0) is 25.2 Å². The van der Waals surface area contributed by atoms with Crippen LogP contribution in [0.5, 0.6) is 0 Å². The Kier molecular flexibility index (Phi) is 8.10. The monoisotopic (exact) mass is 303 g/mol. The molecule has 0 fully saturated rings. The number of hydrogen-bond donors (Lipinski definition) is 0. The molecule has 0 spiro atoms. The summed E-state index contributed by atoms with van der Waals surface area (Å²) in [7, 11) is 1.77. The molecule has 0 N–H and O–H groups in total. The summed E-state index contributed by atoms with van der Waals surface area (Å²) in [5, 5.41) is 0. The third-order valence-corrected chi connectivity index (χ3v) is 3.36. The van der Waals surface area contributed by atoms with E-state index in [1.165, 1.54) is 15.0 Å². The van der Waals surface area contributed by atoms with E-state index in [1.807, 2.05) is 6.07 Å². The van der Waals surface area contributed by atoms with Crippen molar-refractivity contribution in [3.05, 3.63) is 57.5 Å². The zero-order valence-electron chi connectivity index (χ0n) is 9.49. The van der Waals surface area contributed by atoms with Crippen LogP contribution in [0.15, 0.2) is 51.9 Å². The van der Waals surface area contributed by atoms with Crippen molar-refractivity contribution in [3.63, 3.8) is 0 Å². The van der Waals surface area contributed by atoms with Crippen LogP contribution in [0.2, 0.25) is 0 Å². The van der Waals surface area contributed by atoms with Crippen LogP contribution in [0.4, 0.5) is 0 Å². The average Bonchev–Trinajstić information content (AvgIpc) is 2.68. The standard InChI is InChI=1S/C13H13O.2ClH.Ti/c1-14-13(12-9-5-6-10-12)11-7-3-2-4-8-11;;;/h2-5,7-9,13H,6H2,1H3;2*1H;/q;;;+2/p-2. The SMILES string of the molecule is COC(C1=[C]([Ti+2])CC=C1)c1ccccc1.[Cl-].[Cl-]. The second kappa shape index (κ2) is 8.13. The second-order valence-corrected chi connectivity index (χ2v) is 4.51. The van der Waals surface area contributed by atoms with Gasteiger partial charge < -0.3 is 24.8 Å². The minimum atomic E-state index is 0. The van der Waals surface area contributed by atoms with Gasteiger partial charge in [0.2, 0.25) is 0 Å². The van der Waals surface area contributed by atoms with Gasteiger partial charge in [0.1, 0.15) is 0 Å². The van der Waals surface area contributed by atoms with E-state index in [9.17, 15) is 0 Å². The normalized spacial score (nSPS) is 15.2. The molecule has 0 radical (unpaired) electrons. The molecule has 89 valence electrons. The molecule has 1 nitrogen and oxygen atoms in total. The molecule has 1 aromatic carbocycles. The van der Waals surface area contributed by atoms with E-state index >= 15 is 0 Å². The van der Waals surface area contributed by atoms with Gasteiger partial charge in [-0.05, 0) is 0 Å². The Balaban J connectivity index is 0.00000128. The first-order chi connectivity index (χ1) is 7.33. The molecule has 4 heteroatoms. The number of hydrogen-bond acceptors (Lipinski definition) is 1. The molecule has 1 atom stereocenters. The van der Waals surface area contributed by atoms with Crippen LogP contribution in [0, 0.1) is 0 Å². The van der Waals surface area contributed by atoms with Gasteiger partial charge in [-0.15, -0.1) is 0 Å². The van der Waals surface area contributed by atoms with Gasteiger partial charge in [-0.1, -0.05) is 0 Å². The van der Waals surface area contributed by atoms with Crippen LogP contribution in [0.25, 0.3) is 0 Å². The van der Waals surface area contributed by atoms with E-state index in [-0.39, 0.29) is 30.9 Å². The third-order valence-electron chi connectivity index (χ3n) is 2.59. The van der Waals surface area contributed by atoms with E-state index in [0.717, 1.165) is 6.42 Å². The fraction of sp³-hybridized carbons (Fsp3) is 0.231. The number of benzene rings is 1. The summed E-state index contributed by atoms with van der Waals surface area (Å²) in [5.74, 6) is 0. The van der Waals surface area contributed by atoms with Crippen molar-refractivity contribution < 1.29 is 50.0 Å². The van der Waals surface area contributed by atoms with Crippen molar-refractivity contribution in [3.8, 4) is 0 Å². The van der Waals surface area contributed by atoms with Gasteiger partial charge in [0.05, 0.1) is 0 Å². The molecule has 17 heavy (non-hydrogen) atoms. The van der Waals surface area contributed by atoms with E-state index in [1.54, 1.807) is 7.11 Å². The topological polar surface area (TPSA) is 9.23 Å². The molecule has 1 aliphatic rings. The molecule has 0 amide bonds. The van der Waals surface area contributed by atoms with Gasteiger partial charge in [-0.25, -0.2) is 0 Å². The van der Waals surface area contributed by atoms with E-state index in [4.69, 9.17) is 4.74 Å². The average molecular weight is 304 g/mol. The Bertz CT molecular complexity index is 401. The molecule has 0 heterocycles. The molecule has 0 aliphatic heterocycles. The minimum absolute atomic E-state index is 0. The summed E-state index contributed by atoms with van der Waals surface area (Å²) in [5.41, 5.74) is 2.53. The fourth-order valence-electron chi connectivity index (χ4n) is 1.84. The van der Waals surface area contributed by atoms with Gasteiger partial charge in [-0.3, -0.25) is 0 Å². The quantitative estimate of drug-likeness (QED) is 0.546. The third kappa shape index (κ3) is 3.98. The van der Waals surface area contributed by atoms with Gasteiger partial charge in [0.15, 0.2) is 0 Å². The number of methoxy groups -OCH3 is 1. The molecular formula is C13H13Cl2OTi. The van der Waals surface area contributed by atoms with Crippen molar-refractivity contribution in [1.82, 2.24) is 0 Å². The first kappa shape index (κ1) is 17.0. The van der Waals surface area contributed by atoms with Gasteiger partial charge in [0.25, 0.3) is 0 Å². The zero-order valence-corrected chi connectivity index (χ0v) is 12.6. The molecule has 0 aromatic heterocycles. The number of halogens is 2. The zero-order chi connectivity index (χ0) is 10.7. The smallest absolute Gasteiger partial charge is 1.00 e. The van der Waals surface area contributed by atoms with Crippen LogP contribution in [-0.4, -0.2) is 7.11 Å². The Labute approximate surface area is 127 Å². The molecule has 0 bridgehead atoms. The summed E-state index contributed by atoms with van der Waals surface area (Å²) < 4.78 is 6.99. The Morgan fingerprint density at radius 3 is 2.29 bits per heavy atom. The summed E-state index contributed by atoms with van der Waals surface area (Å²) in [4.78, 5) is 0. The molecule has 1 unspecified atom stereocenters. The van der Waals surface area contributed by atoms with Crippen molar-refractivity contribution in [2.45, 2.75) is 12.5 Å². The minimum Gasteiger partial charge on any atom is -1.00 e. The van der Waals surface area contributed by atoms with Gasteiger partial charge >= 0.3 is 102 Å². The molecule has 2 rings (SSSR count). The molecular weight excluding hydrogens is 291 g/mol. The number of rotatable bonds is 3. The second-order valence-electron chi connectivity index (χ2n) is 3.57. The van der Waals surface area contributed by atoms with Crippen molar-refractivity contribution >= 4 is 0 Å². The van der Waals surface area contributed by atoms with Crippen LogP contribution in [0.1, 0.15) is 18.1 Å². The first-order valence-electron chi connectivity index (χ1n) is 5.02. The van der Waals surface area contributed by atoms with Gasteiger partial charge in [0, 0.05) is 0 Å². The first-order valence-corrected chi connectivity index (χ1v) is 5.80. The van der Waals surface area contributed by atoms with Crippen molar-refractivity contribution in [1.29, 1.82) is 0 Å². The Hall–Kier alpha value is -0.0457. The maximum atomic E-state index is 5.58. The molecule has 1 aromatic rings. The fourth-order valence-corrected chi connectivity index (χ4v) is 2.36. The molecule has 1 aliphatic carbocycles. The maximum Gasteiger partial charge on any atom is -1.00 e. The van der Waals surface area contributed by atoms with Crippen LogP contribution in [0.3, 0.4) is 0 Å². The van der Waals surface area contributed by atoms with E-state index in [0.29, 0.717) is 0 Å². The van der Waals surface area contributed by atoms with Crippen molar-refractivity contribution in [2.75, 3.05) is 7.11 Å². The molecule has 0 saturated heterocycles. The summed E-state index contributed by atoms with van der Waals surface area (Å²) in [6.07, 6.45) is 5.52. The van der Waals surface area contributed by atoms with Crippen LogP contribution < -0.4 is 24.8 Å². The van der Waals surface area contributed by atoms with E-state index in [2.05, 4.69) is 56.9 Å². The summed E-state index contributed by atoms with van der Waals surface area (Å²) in [6, 6.07) is 10.4. The number of ether oxygens (including phenoxy) is 1. The van der Waals surface area contributed by atoms with Crippen LogP contribution >= 0.6 is 0 Å². The van der Waals surface area contributed by atoms with Crippen molar-refractivity contribution in [2.24, 2.45) is 0 Å². The predicted octanol–water partition coefficient (Wildman–Crippen LogP) is -2.86.